The van der Waals surface area contributed by atoms with Gasteiger partial charge in [0, 0.05) is 46.6 Å². The molecule has 0 radical (unpaired) electrons. The van der Waals surface area contributed by atoms with Crippen LogP contribution in [-0.4, -0.2) is 35.0 Å². The van der Waals surface area contributed by atoms with Gasteiger partial charge in [0.25, 0.3) is 5.91 Å². The molecule has 1 saturated heterocycles. The predicted molar refractivity (Wildman–Crippen MR) is 95.6 cm³/mol. The summed E-state index contributed by atoms with van der Waals surface area (Å²) in [5.74, 6) is 0.847. The molecule has 6 heteroatoms. The molecule has 1 aromatic carbocycles. The van der Waals surface area contributed by atoms with Gasteiger partial charge in [-0.2, -0.15) is 0 Å². The van der Waals surface area contributed by atoms with Crippen molar-refractivity contribution in [1.82, 2.24) is 9.88 Å². The molecule has 23 heavy (non-hydrogen) atoms. The van der Waals surface area contributed by atoms with Gasteiger partial charge in [-0.15, -0.1) is 0 Å². The molecule has 0 spiro atoms. The van der Waals surface area contributed by atoms with E-state index in [-0.39, 0.29) is 12.0 Å². The lowest BCUT2D eigenvalue weighted by molar-refractivity contribution is 0.0595. The second kappa shape index (κ2) is 7.45. The van der Waals surface area contributed by atoms with E-state index in [1.807, 2.05) is 35.2 Å². The number of hydrogen-bond acceptors (Lipinski definition) is 3. The third-order valence-corrected chi connectivity index (χ3v) is 4.69. The number of rotatable bonds is 3. The lowest BCUT2D eigenvalue weighted by Crippen LogP contribution is -2.41. The summed E-state index contributed by atoms with van der Waals surface area (Å²) in [7, 11) is 0. The molecular formula is C17H16Br2N2O2. The van der Waals surface area contributed by atoms with Gasteiger partial charge in [0.1, 0.15) is 11.9 Å². The summed E-state index contributed by atoms with van der Waals surface area (Å²) in [5.41, 5.74) is 0.692. The van der Waals surface area contributed by atoms with Crippen LogP contribution in [0.5, 0.6) is 5.75 Å². The van der Waals surface area contributed by atoms with Crippen molar-refractivity contribution in [1.29, 1.82) is 0 Å². The Kier molecular flexibility index (Phi) is 5.33. The summed E-state index contributed by atoms with van der Waals surface area (Å²) in [6, 6.07) is 9.39. The zero-order valence-corrected chi connectivity index (χ0v) is 15.6. The molecule has 1 aliphatic rings. The van der Waals surface area contributed by atoms with Crippen molar-refractivity contribution in [2.75, 3.05) is 13.1 Å². The summed E-state index contributed by atoms with van der Waals surface area (Å²) in [4.78, 5) is 18.5. The number of pyridine rings is 1. The summed E-state index contributed by atoms with van der Waals surface area (Å²) >= 11 is 6.85. The first kappa shape index (κ1) is 16.5. The predicted octanol–water partition coefficient (Wildman–Crippen LogP) is 4.29. The van der Waals surface area contributed by atoms with Crippen molar-refractivity contribution in [3.05, 3.63) is 57.2 Å². The summed E-state index contributed by atoms with van der Waals surface area (Å²) in [5, 5.41) is 0. The first-order valence-electron chi connectivity index (χ1n) is 7.44. The molecule has 2 aromatic rings. The molecule has 1 aromatic heterocycles. The van der Waals surface area contributed by atoms with E-state index in [4.69, 9.17) is 4.74 Å². The zero-order valence-electron chi connectivity index (χ0n) is 12.4. The molecule has 0 unspecified atom stereocenters. The highest BCUT2D eigenvalue weighted by Crippen LogP contribution is 2.23. The molecule has 1 amide bonds. The highest BCUT2D eigenvalue weighted by atomic mass is 79.9. The van der Waals surface area contributed by atoms with Crippen LogP contribution in [0, 0.1) is 0 Å². The van der Waals surface area contributed by atoms with Crippen LogP contribution in [0.25, 0.3) is 0 Å². The van der Waals surface area contributed by atoms with Gasteiger partial charge in [-0.3, -0.25) is 9.78 Å². The summed E-state index contributed by atoms with van der Waals surface area (Å²) < 4.78 is 7.70. The molecule has 0 aliphatic carbocycles. The number of carbonyl (C=O) groups excluding carboxylic acids is 1. The van der Waals surface area contributed by atoms with Crippen LogP contribution in [0.2, 0.25) is 0 Å². The number of amides is 1. The number of likely N-dealkylation sites (tertiary alicyclic amines) is 1. The molecule has 4 nitrogen and oxygen atoms in total. The van der Waals surface area contributed by atoms with E-state index < -0.39 is 0 Å². The molecule has 1 fully saturated rings. The van der Waals surface area contributed by atoms with Crippen LogP contribution < -0.4 is 4.74 Å². The Balaban J connectivity index is 1.59. The second-order valence-electron chi connectivity index (χ2n) is 5.46. The Bertz CT molecular complexity index is 666. The van der Waals surface area contributed by atoms with Gasteiger partial charge in [-0.25, -0.2) is 0 Å². The molecule has 0 bridgehead atoms. The quantitative estimate of drug-likeness (QED) is 0.716. The maximum Gasteiger partial charge on any atom is 0.253 e. The van der Waals surface area contributed by atoms with Crippen LogP contribution in [0.15, 0.2) is 51.7 Å². The standard InChI is InChI=1S/C17H16Br2N2O2/c18-13-8-12(9-14(19)10-13)17(22)21-6-3-15(4-7-21)23-16-2-1-5-20-11-16/h1-2,5,8-11,15H,3-4,6-7H2. The van der Waals surface area contributed by atoms with E-state index >= 15 is 0 Å². The van der Waals surface area contributed by atoms with Crippen molar-refractivity contribution >= 4 is 37.8 Å². The Labute approximate surface area is 152 Å². The summed E-state index contributed by atoms with van der Waals surface area (Å²) in [6.07, 6.45) is 5.24. The van der Waals surface area contributed by atoms with E-state index in [0.717, 1.165) is 27.5 Å². The van der Waals surface area contributed by atoms with E-state index in [9.17, 15) is 4.79 Å². The number of piperidine rings is 1. The molecule has 1 aliphatic heterocycles. The minimum atomic E-state index is 0.0619. The Hall–Kier alpha value is -1.40. The maximum absolute atomic E-state index is 12.6. The van der Waals surface area contributed by atoms with E-state index in [2.05, 4.69) is 36.8 Å². The van der Waals surface area contributed by atoms with Crippen LogP contribution in [-0.2, 0) is 0 Å². The Morgan fingerprint density at radius 3 is 2.48 bits per heavy atom. The minimum Gasteiger partial charge on any atom is -0.489 e. The average molecular weight is 440 g/mol. The maximum atomic E-state index is 12.6. The average Bonchev–Trinajstić information content (AvgIpc) is 2.55. The highest BCUT2D eigenvalue weighted by Gasteiger charge is 2.25. The van der Waals surface area contributed by atoms with Crippen molar-refractivity contribution < 1.29 is 9.53 Å². The van der Waals surface area contributed by atoms with Crippen LogP contribution in [0.4, 0.5) is 0 Å². The third kappa shape index (κ3) is 4.32. The molecule has 3 rings (SSSR count). The Morgan fingerprint density at radius 1 is 1.17 bits per heavy atom. The Morgan fingerprint density at radius 2 is 1.87 bits per heavy atom. The van der Waals surface area contributed by atoms with Gasteiger partial charge in [0.2, 0.25) is 0 Å². The molecule has 0 N–H and O–H groups in total. The van der Waals surface area contributed by atoms with Gasteiger partial charge >= 0.3 is 0 Å². The lowest BCUT2D eigenvalue weighted by Gasteiger charge is -2.32. The lowest BCUT2D eigenvalue weighted by atomic mass is 10.1. The fraction of sp³-hybridized carbons (Fsp3) is 0.294. The number of aromatic nitrogens is 1. The third-order valence-electron chi connectivity index (χ3n) is 3.78. The van der Waals surface area contributed by atoms with E-state index in [1.165, 1.54) is 0 Å². The molecule has 0 saturated carbocycles. The largest absolute Gasteiger partial charge is 0.489 e. The fourth-order valence-electron chi connectivity index (χ4n) is 2.65. The SMILES string of the molecule is O=C(c1cc(Br)cc(Br)c1)N1CCC(Oc2cccnc2)CC1. The van der Waals surface area contributed by atoms with E-state index in [1.54, 1.807) is 12.4 Å². The van der Waals surface area contributed by atoms with Crippen LogP contribution in [0.3, 0.4) is 0 Å². The van der Waals surface area contributed by atoms with Gasteiger partial charge < -0.3 is 9.64 Å². The highest BCUT2D eigenvalue weighted by molar-refractivity contribution is 9.11. The molecule has 0 atom stereocenters. The summed E-state index contributed by atoms with van der Waals surface area (Å²) in [6.45, 7) is 1.40. The van der Waals surface area contributed by atoms with Gasteiger partial charge in [0.15, 0.2) is 0 Å². The van der Waals surface area contributed by atoms with Gasteiger partial charge in [0.05, 0.1) is 6.20 Å². The van der Waals surface area contributed by atoms with Crippen LogP contribution >= 0.6 is 31.9 Å². The molecular weight excluding hydrogens is 424 g/mol. The first-order valence-corrected chi connectivity index (χ1v) is 9.02. The number of halogens is 2. The molecule has 120 valence electrons. The number of ether oxygens (including phenoxy) is 1. The monoisotopic (exact) mass is 438 g/mol. The molecule has 2 heterocycles. The number of carbonyl (C=O) groups is 1. The van der Waals surface area contributed by atoms with Gasteiger partial charge in [-0.1, -0.05) is 31.9 Å². The fourth-order valence-corrected chi connectivity index (χ4v) is 3.94. The van der Waals surface area contributed by atoms with Crippen molar-refractivity contribution in [3.63, 3.8) is 0 Å². The number of nitrogens with zero attached hydrogens (tertiary/aromatic N) is 2. The second-order valence-corrected chi connectivity index (χ2v) is 7.29. The van der Waals surface area contributed by atoms with Crippen molar-refractivity contribution in [2.45, 2.75) is 18.9 Å². The smallest absolute Gasteiger partial charge is 0.253 e. The first-order chi connectivity index (χ1) is 11.1. The van der Waals surface area contributed by atoms with Crippen molar-refractivity contribution in [3.8, 4) is 5.75 Å². The normalized spacial score (nSPS) is 15.5. The topological polar surface area (TPSA) is 42.4 Å². The number of hydrogen-bond donors (Lipinski definition) is 0. The number of benzene rings is 1. The zero-order chi connectivity index (χ0) is 16.2. The van der Waals surface area contributed by atoms with Gasteiger partial charge in [-0.05, 0) is 30.3 Å². The van der Waals surface area contributed by atoms with E-state index in [0.29, 0.717) is 18.7 Å². The minimum absolute atomic E-state index is 0.0619. The van der Waals surface area contributed by atoms with Crippen molar-refractivity contribution in [2.24, 2.45) is 0 Å². The van der Waals surface area contributed by atoms with Crippen LogP contribution in [0.1, 0.15) is 23.2 Å².